The van der Waals surface area contributed by atoms with Gasteiger partial charge in [-0.3, -0.25) is 0 Å². The maximum atomic E-state index is 12.0. The van der Waals surface area contributed by atoms with Crippen LogP contribution in [-0.2, 0) is 13.8 Å². The summed E-state index contributed by atoms with van der Waals surface area (Å²) in [4.78, 5) is 11.5. The summed E-state index contributed by atoms with van der Waals surface area (Å²) >= 11 is 17.6. The summed E-state index contributed by atoms with van der Waals surface area (Å²) in [7, 11) is 1.05. The van der Waals surface area contributed by atoms with Crippen LogP contribution in [0.1, 0.15) is 31.1 Å². The fraction of sp³-hybridized carbons (Fsp3) is 0.364. The highest BCUT2D eigenvalue weighted by Crippen LogP contribution is 2.38. The van der Waals surface area contributed by atoms with Crippen LogP contribution in [0.2, 0.25) is 15.1 Å². The molecule has 0 heterocycles. The Morgan fingerprint density at radius 1 is 1.15 bits per heavy atom. The molecule has 0 aliphatic rings. The monoisotopic (exact) mass is 378 g/mol. The summed E-state index contributed by atoms with van der Waals surface area (Å²) in [6, 6.07) is 0.975. The highest BCUT2D eigenvalue weighted by molar-refractivity contribution is 8.13. The Morgan fingerprint density at radius 3 is 2.05 bits per heavy atom. The highest BCUT2D eigenvalue weighted by Gasteiger charge is 2.29. The van der Waals surface area contributed by atoms with E-state index >= 15 is 0 Å². The van der Waals surface area contributed by atoms with E-state index in [4.69, 9.17) is 50.2 Å². The second kappa shape index (κ2) is 5.89. The number of halogens is 4. The molecule has 0 unspecified atom stereocenters. The van der Waals surface area contributed by atoms with E-state index in [2.05, 4.69) is 0 Å². The first-order valence-electron chi connectivity index (χ1n) is 5.20. The maximum Gasteiger partial charge on any atom is 0.341 e. The lowest BCUT2D eigenvalue weighted by molar-refractivity contribution is 0.00697. The second-order valence-corrected chi connectivity index (χ2v) is 8.50. The van der Waals surface area contributed by atoms with Crippen molar-refractivity contribution < 1.29 is 17.9 Å². The molecular formula is C11H10Cl4O4S. The molecule has 1 aromatic carbocycles. The molecule has 20 heavy (non-hydrogen) atoms. The minimum atomic E-state index is -4.18. The third kappa shape index (κ3) is 4.15. The van der Waals surface area contributed by atoms with Crippen molar-refractivity contribution in [3.05, 3.63) is 26.7 Å². The average molecular weight is 380 g/mol. The summed E-state index contributed by atoms with van der Waals surface area (Å²) < 4.78 is 27.9. The van der Waals surface area contributed by atoms with Gasteiger partial charge in [0.25, 0.3) is 9.05 Å². The van der Waals surface area contributed by atoms with Gasteiger partial charge in [-0.05, 0) is 26.8 Å². The Morgan fingerprint density at radius 2 is 1.65 bits per heavy atom. The molecule has 0 aliphatic heterocycles. The molecule has 112 valence electrons. The smallest absolute Gasteiger partial charge is 0.341 e. The van der Waals surface area contributed by atoms with E-state index in [1.807, 2.05) is 0 Å². The zero-order valence-electron chi connectivity index (χ0n) is 10.6. The molecule has 1 aromatic rings. The van der Waals surface area contributed by atoms with Crippen LogP contribution < -0.4 is 0 Å². The number of rotatable bonds is 2. The van der Waals surface area contributed by atoms with Crippen molar-refractivity contribution in [2.24, 2.45) is 0 Å². The fourth-order valence-corrected chi connectivity index (χ4v) is 3.40. The van der Waals surface area contributed by atoms with Gasteiger partial charge in [-0.2, -0.15) is 0 Å². The SMILES string of the molecule is CC(C)(C)OC(=O)c1c(Cl)c(Cl)cc(S(=O)(=O)Cl)c1Cl. The lowest BCUT2D eigenvalue weighted by atomic mass is 10.1. The molecule has 0 amide bonds. The van der Waals surface area contributed by atoms with Gasteiger partial charge in [0.1, 0.15) is 10.5 Å². The largest absolute Gasteiger partial charge is 0.456 e. The minimum absolute atomic E-state index is 0.170. The molecule has 0 saturated carbocycles. The zero-order valence-corrected chi connectivity index (χ0v) is 14.5. The summed E-state index contributed by atoms with van der Waals surface area (Å²) in [5.41, 5.74) is -1.15. The number of hydrogen-bond donors (Lipinski definition) is 0. The first-order chi connectivity index (χ1) is 8.84. The van der Waals surface area contributed by atoms with Crippen molar-refractivity contribution in [2.45, 2.75) is 31.3 Å². The van der Waals surface area contributed by atoms with Gasteiger partial charge in [-0.25, -0.2) is 13.2 Å². The van der Waals surface area contributed by atoms with E-state index in [1.165, 1.54) is 0 Å². The number of ether oxygens (including phenoxy) is 1. The van der Waals surface area contributed by atoms with Gasteiger partial charge in [0.05, 0.1) is 20.6 Å². The standard InChI is InChI=1S/C11H10Cl4O4S/c1-11(2,3)19-10(16)7-8(13)5(12)4-6(9(7)14)20(15,17)18/h4H,1-3H3. The predicted octanol–water partition coefficient (Wildman–Crippen LogP) is 4.53. The van der Waals surface area contributed by atoms with Crippen molar-refractivity contribution in [3.63, 3.8) is 0 Å². The van der Waals surface area contributed by atoms with Crippen molar-refractivity contribution >= 4 is 60.5 Å². The summed E-state index contributed by atoms with van der Waals surface area (Å²) in [6.07, 6.45) is 0. The molecule has 0 spiro atoms. The van der Waals surface area contributed by atoms with Crippen LogP contribution in [0.5, 0.6) is 0 Å². The van der Waals surface area contributed by atoms with E-state index in [0.29, 0.717) is 0 Å². The van der Waals surface area contributed by atoms with Crippen LogP contribution in [-0.4, -0.2) is 20.0 Å². The van der Waals surface area contributed by atoms with E-state index in [9.17, 15) is 13.2 Å². The van der Waals surface area contributed by atoms with Crippen LogP contribution in [0.15, 0.2) is 11.0 Å². The van der Waals surface area contributed by atoms with Crippen molar-refractivity contribution in [1.29, 1.82) is 0 Å². The number of carbonyl (C=O) groups is 1. The molecule has 4 nitrogen and oxygen atoms in total. The summed E-state index contributed by atoms with van der Waals surface area (Å²) in [6.45, 7) is 4.91. The third-order valence-electron chi connectivity index (χ3n) is 1.99. The molecule has 0 radical (unpaired) electrons. The molecule has 0 N–H and O–H groups in total. The first kappa shape index (κ1) is 17.9. The van der Waals surface area contributed by atoms with Gasteiger partial charge < -0.3 is 4.74 Å². The Kier molecular flexibility index (Phi) is 5.26. The predicted molar refractivity (Wildman–Crippen MR) is 79.7 cm³/mol. The molecule has 0 saturated heterocycles. The Hall–Kier alpha value is -0.200. The van der Waals surface area contributed by atoms with Crippen LogP contribution >= 0.6 is 45.5 Å². The van der Waals surface area contributed by atoms with Crippen LogP contribution in [0.4, 0.5) is 0 Å². The van der Waals surface area contributed by atoms with Crippen molar-refractivity contribution in [1.82, 2.24) is 0 Å². The quantitative estimate of drug-likeness (QED) is 0.430. The summed E-state index contributed by atoms with van der Waals surface area (Å²) in [5.74, 6) is -0.892. The van der Waals surface area contributed by atoms with Crippen LogP contribution in [0.3, 0.4) is 0 Å². The number of carbonyl (C=O) groups excluding carboxylic acids is 1. The van der Waals surface area contributed by atoms with Gasteiger partial charge in [0, 0.05) is 10.7 Å². The number of hydrogen-bond acceptors (Lipinski definition) is 4. The molecular weight excluding hydrogens is 370 g/mol. The van der Waals surface area contributed by atoms with Crippen molar-refractivity contribution in [2.75, 3.05) is 0 Å². The van der Waals surface area contributed by atoms with Gasteiger partial charge in [0.15, 0.2) is 0 Å². The van der Waals surface area contributed by atoms with Crippen LogP contribution in [0, 0.1) is 0 Å². The van der Waals surface area contributed by atoms with E-state index < -0.39 is 30.5 Å². The molecule has 0 fully saturated rings. The molecule has 0 atom stereocenters. The Balaban J connectivity index is 3.55. The molecule has 0 aliphatic carbocycles. The Labute approximate surface area is 136 Å². The third-order valence-corrected chi connectivity index (χ3v) is 4.63. The normalized spacial score (nSPS) is 12.3. The maximum absolute atomic E-state index is 12.0. The summed E-state index contributed by atoms with van der Waals surface area (Å²) in [5, 5.41) is -0.796. The van der Waals surface area contributed by atoms with E-state index in [0.717, 1.165) is 6.07 Å². The second-order valence-electron chi connectivity index (χ2n) is 4.80. The lowest BCUT2D eigenvalue weighted by Crippen LogP contribution is -2.24. The topological polar surface area (TPSA) is 60.4 Å². The highest BCUT2D eigenvalue weighted by atomic mass is 35.7. The molecule has 9 heteroatoms. The van der Waals surface area contributed by atoms with Gasteiger partial charge in [-0.1, -0.05) is 34.8 Å². The fourth-order valence-electron chi connectivity index (χ4n) is 1.27. The number of benzene rings is 1. The molecule has 0 aromatic heterocycles. The number of esters is 1. The lowest BCUT2D eigenvalue weighted by Gasteiger charge is -2.21. The first-order valence-corrected chi connectivity index (χ1v) is 8.64. The zero-order chi connectivity index (χ0) is 15.9. The van der Waals surface area contributed by atoms with Crippen LogP contribution in [0.25, 0.3) is 0 Å². The molecule has 0 bridgehead atoms. The van der Waals surface area contributed by atoms with Gasteiger partial charge in [-0.15, -0.1) is 0 Å². The van der Waals surface area contributed by atoms with Crippen molar-refractivity contribution in [3.8, 4) is 0 Å². The Bertz CT molecular complexity index is 662. The average Bonchev–Trinajstić information content (AvgIpc) is 2.19. The minimum Gasteiger partial charge on any atom is -0.456 e. The van der Waals surface area contributed by atoms with Gasteiger partial charge >= 0.3 is 5.97 Å². The van der Waals surface area contributed by atoms with E-state index in [-0.39, 0.29) is 15.6 Å². The van der Waals surface area contributed by atoms with E-state index in [1.54, 1.807) is 20.8 Å². The molecule has 1 rings (SSSR count). The van der Waals surface area contributed by atoms with Gasteiger partial charge in [0.2, 0.25) is 0 Å².